The Labute approximate surface area is 192 Å². The number of aromatic nitrogens is 2. The second-order valence-electron chi connectivity index (χ2n) is 7.96. The van der Waals surface area contributed by atoms with Gasteiger partial charge in [0.05, 0.1) is 22.5 Å². The Bertz CT molecular complexity index is 1210. The van der Waals surface area contributed by atoms with E-state index in [0.717, 1.165) is 52.7 Å². The van der Waals surface area contributed by atoms with Gasteiger partial charge in [0.1, 0.15) is 17.4 Å². The molecule has 1 saturated heterocycles. The number of thiophene rings is 1. The van der Waals surface area contributed by atoms with Crippen LogP contribution in [-0.2, 0) is 13.0 Å². The predicted molar refractivity (Wildman–Crippen MR) is 131 cm³/mol. The third-order valence-electron chi connectivity index (χ3n) is 5.64. The lowest BCUT2D eigenvalue weighted by Gasteiger charge is -2.11. The summed E-state index contributed by atoms with van der Waals surface area (Å²) in [5, 5.41) is 13.5. The molecule has 1 aliphatic heterocycles. The van der Waals surface area contributed by atoms with Gasteiger partial charge >= 0.3 is 0 Å². The molecule has 3 heterocycles. The summed E-state index contributed by atoms with van der Waals surface area (Å²) in [4.78, 5) is 8.36. The highest BCUT2D eigenvalue weighted by Crippen LogP contribution is 2.24. The zero-order valence-corrected chi connectivity index (χ0v) is 19.0. The molecule has 1 aliphatic rings. The maximum Gasteiger partial charge on any atom is 0.140 e. The van der Waals surface area contributed by atoms with Crippen LogP contribution >= 0.6 is 11.3 Å². The average molecular weight is 446 g/mol. The van der Waals surface area contributed by atoms with Crippen LogP contribution in [0.2, 0.25) is 0 Å². The molecule has 0 bridgehead atoms. The van der Waals surface area contributed by atoms with Crippen molar-refractivity contribution >= 4 is 33.9 Å². The monoisotopic (exact) mass is 445 g/mol. The van der Waals surface area contributed by atoms with Crippen LogP contribution in [0.3, 0.4) is 0 Å². The van der Waals surface area contributed by atoms with Gasteiger partial charge in [-0.05, 0) is 54.3 Å². The number of hydrogen-bond donors (Lipinski definition) is 2. The van der Waals surface area contributed by atoms with Gasteiger partial charge in [-0.25, -0.2) is 4.98 Å². The van der Waals surface area contributed by atoms with Crippen molar-refractivity contribution in [1.29, 1.82) is 5.41 Å². The van der Waals surface area contributed by atoms with Crippen molar-refractivity contribution in [2.24, 2.45) is 0 Å². The molecule has 32 heavy (non-hydrogen) atoms. The summed E-state index contributed by atoms with van der Waals surface area (Å²) in [6.07, 6.45) is 0.773. The molecule has 0 atom stereocenters. The first-order valence-corrected chi connectivity index (χ1v) is 11.9. The molecule has 164 valence electrons. The first-order valence-electron chi connectivity index (χ1n) is 11.0. The lowest BCUT2D eigenvalue weighted by Crippen LogP contribution is -2.12. The van der Waals surface area contributed by atoms with Gasteiger partial charge in [0.15, 0.2) is 0 Å². The Morgan fingerprint density at radius 2 is 1.97 bits per heavy atom. The summed E-state index contributed by atoms with van der Waals surface area (Å²) in [6, 6.07) is 18.4. The zero-order chi connectivity index (χ0) is 21.9. The molecular formula is C25H27N5OS. The minimum atomic E-state index is 0.412. The molecule has 0 spiro atoms. The van der Waals surface area contributed by atoms with Crippen molar-refractivity contribution in [3.63, 3.8) is 0 Å². The third-order valence-corrected chi connectivity index (χ3v) is 6.53. The first kappa shape index (κ1) is 20.7. The number of imidazole rings is 1. The molecule has 0 saturated carbocycles. The standard InChI is InChI=1S/C25H27N5OS/c1-2-31-20-8-5-18(6-9-20)16-24-28-21-17-19(27-25(26)23-4-3-15-32-23)7-10-22(21)30(24)14-13-29-11-12-29/h3-10,15,17H,2,11-14,16H2,1H3,(H2,26,27). The van der Waals surface area contributed by atoms with Crippen LogP contribution < -0.4 is 10.1 Å². The molecular weight excluding hydrogens is 418 g/mol. The van der Waals surface area contributed by atoms with Crippen molar-refractivity contribution in [1.82, 2.24) is 14.5 Å². The fourth-order valence-electron chi connectivity index (χ4n) is 3.86. The second-order valence-corrected chi connectivity index (χ2v) is 8.90. The van der Waals surface area contributed by atoms with E-state index in [2.05, 4.69) is 33.0 Å². The minimum absolute atomic E-state index is 0.412. The van der Waals surface area contributed by atoms with E-state index in [9.17, 15) is 0 Å². The maximum atomic E-state index is 8.31. The highest BCUT2D eigenvalue weighted by atomic mass is 32.1. The van der Waals surface area contributed by atoms with Crippen LogP contribution in [0.15, 0.2) is 60.0 Å². The molecule has 2 aromatic carbocycles. The van der Waals surface area contributed by atoms with Gasteiger partial charge in [0.2, 0.25) is 0 Å². The van der Waals surface area contributed by atoms with Crippen LogP contribution in [0, 0.1) is 5.41 Å². The van der Waals surface area contributed by atoms with Crippen LogP contribution in [0.4, 0.5) is 5.69 Å². The average Bonchev–Trinajstić information content (AvgIpc) is 3.33. The SMILES string of the molecule is CCOc1ccc(Cc2nc3cc(NC(=N)c4cccs4)ccc3n2CCN2CC2)cc1. The highest BCUT2D eigenvalue weighted by Gasteiger charge is 2.19. The predicted octanol–water partition coefficient (Wildman–Crippen LogP) is 4.84. The molecule has 0 amide bonds. The van der Waals surface area contributed by atoms with E-state index in [4.69, 9.17) is 15.1 Å². The summed E-state index contributed by atoms with van der Waals surface area (Å²) in [6.45, 7) is 7.04. The highest BCUT2D eigenvalue weighted by molar-refractivity contribution is 7.12. The Balaban J connectivity index is 1.41. The van der Waals surface area contributed by atoms with E-state index in [1.54, 1.807) is 11.3 Å². The van der Waals surface area contributed by atoms with Crippen molar-refractivity contribution in [3.05, 3.63) is 76.2 Å². The Morgan fingerprint density at radius 3 is 2.69 bits per heavy atom. The van der Waals surface area contributed by atoms with Gasteiger partial charge in [0, 0.05) is 38.3 Å². The van der Waals surface area contributed by atoms with Crippen LogP contribution in [0.1, 0.15) is 23.2 Å². The summed E-state index contributed by atoms with van der Waals surface area (Å²) in [7, 11) is 0. The third kappa shape index (κ3) is 4.69. The fourth-order valence-corrected chi connectivity index (χ4v) is 4.49. The number of anilines is 1. The molecule has 5 rings (SSSR count). The molecule has 0 aliphatic carbocycles. The maximum absolute atomic E-state index is 8.31. The summed E-state index contributed by atoms with van der Waals surface area (Å²) in [5.74, 6) is 2.38. The van der Waals surface area contributed by atoms with Crippen molar-refractivity contribution in [2.45, 2.75) is 19.9 Å². The molecule has 2 N–H and O–H groups in total. The van der Waals surface area contributed by atoms with Gasteiger partial charge in [-0.3, -0.25) is 10.3 Å². The molecule has 0 radical (unpaired) electrons. The van der Waals surface area contributed by atoms with Crippen molar-refractivity contribution in [2.75, 3.05) is 31.6 Å². The largest absolute Gasteiger partial charge is 0.494 e. The number of rotatable bonds is 9. The van der Waals surface area contributed by atoms with Gasteiger partial charge in [-0.2, -0.15) is 0 Å². The topological polar surface area (TPSA) is 65.9 Å². The molecule has 6 nitrogen and oxygen atoms in total. The lowest BCUT2D eigenvalue weighted by molar-refractivity contribution is 0.340. The summed E-state index contributed by atoms with van der Waals surface area (Å²) < 4.78 is 7.92. The van der Waals surface area contributed by atoms with E-state index in [0.29, 0.717) is 12.4 Å². The van der Waals surface area contributed by atoms with Crippen molar-refractivity contribution in [3.8, 4) is 5.75 Å². The van der Waals surface area contributed by atoms with Gasteiger partial charge in [0.25, 0.3) is 0 Å². The number of nitrogens with zero attached hydrogens (tertiary/aromatic N) is 3. The number of nitrogens with one attached hydrogen (secondary N) is 2. The van der Waals surface area contributed by atoms with Gasteiger partial charge < -0.3 is 14.6 Å². The number of amidine groups is 1. The molecule has 0 unspecified atom stereocenters. The molecule has 7 heteroatoms. The van der Waals surface area contributed by atoms with Crippen LogP contribution in [-0.4, -0.2) is 46.5 Å². The summed E-state index contributed by atoms with van der Waals surface area (Å²) in [5.41, 5.74) is 4.20. The number of fused-ring (bicyclic) bond motifs is 1. The van der Waals surface area contributed by atoms with E-state index in [-0.39, 0.29) is 0 Å². The molecule has 1 fully saturated rings. The molecule has 2 aromatic heterocycles. The van der Waals surface area contributed by atoms with Gasteiger partial charge in [-0.15, -0.1) is 11.3 Å². The van der Waals surface area contributed by atoms with Gasteiger partial charge in [-0.1, -0.05) is 18.2 Å². The smallest absolute Gasteiger partial charge is 0.140 e. The Hall–Kier alpha value is -3.16. The molecule has 4 aromatic rings. The number of benzene rings is 2. The zero-order valence-electron chi connectivity index (χ0n) is 18.2. The normalized spacial score (nSPS) is 13.4. The van der Waals surface area contributed by atoms with E-state index >= 15 is 0 Å². The first-order chi connectivity index (χ1) is 15.7. The van der Waals surface area contributed by atoms with Crippen LogP contribution in [0.25, 0.3) is 11.0 Å². The summed E-state index contributed by atoms with van der Waals surface area (Å²) >= 11 is 1.56. The number of hydrogen-bond acceptors (Lipinski definition) is 5. The van der Waals surface area contributed by atoms with E-state index in [1.807, 2.05) is 48.7 Å². The lowest BCUT2D eigenvalue weighted by atomic mass is 10.1. The van der Waals surface area contributed by atoms with Crippen molar-refractivity contribution < 1.29 is 4.74 Å². The Kier molecular flexibility index (Phi) is 5.92. The second kappa shape index (κ2) is 9.14. The van der Waals surface area contributed by atoms with E-state index < -0.39 is 0 Å². The minimum Gasteiger partial charge on any atom is -0.494 e. The number of ether oxygens (including phenoxy) is 1. The Morgan fingerprint density at radius 1 is 1.12 bits per heavy atom. The quantitative estimate of drug-likeness (QED) is 0.220. The fraction of sp³-hybridized carbons (Fsp3) is 0.280. The van der Waals surface area contributed by atoms with E-state index in [1.165, 1.54) is 18.7 Å². The van der Waals surface area contributed by atoms with Crippen LogP contribution in [0.5, 0.6) is 5.75 Å².